The normalized spacial score (nSPS) is 12.2. The zero-order chi connectivity index (χ0) is 34.4. The first kappa shape index (κ1) is 36.0. The number of methoxy groups -OCH3 is 1. The van der Waals surface area contributed by atoms with Crippen molar-refractivity contribution in [2.75, 3.05) is 18.0 Å². The van der Waals surface area contributed by atoms with E-state index in [-0.39, 0.29) is 23.8 Å². The Bertz CT molecular complexity index is 1800. The summed E-state index contributed by atoms with van der Waals surface area (Å²) in [5, 5.41) is 3.56. The molecule has 47 heavy (non-hydrogen) atoms. The minimum absolute atomic E-state index is 0.0332. The number of nitrogens with one attached hydrogen (secondary N) is 1. The van der Waals surface area contributed by atoms with Crippen LogP contribution in [0.3, 0.4) is 0 Å². The SMILES string of the molecule is COc1ccc(S(=O)(=O)N(CC(=O)N(Cc2ccc(Cl)cc2)C(Cc2ccccc2)C(=O)NC(C)(C)C)c2ccc(C)cc2)cc1Br. The van der Waals surface area contributed by atoms with E-state index in [1.54, 1.807) is 54.6 Å². The van der Waals surface area contributed by atoms with Crippen molar-refractivity contribution in [3.05, 3.63) is 123 Å². The van der Waals surface area contributed by atoms with Gasteiger partial charge in [-0.2, -0.15) is 0 Å². The molecule has 0 aliphatic carbocycles. The van der Waals surface area contributed by atoms with Gasteiger partial charge in [0.2, 0.25) is 11.8 Å². The van der Waals surface area contributed by atoms with Crippen LogP contribution in [0.2, 0.25) is 5.02 Å². The van der Waals surface area contributed by atoms with E-state index in [2.05, 4.69) is 21.2 Å². The fourth-order valence-electron chi connectivity index (χ4n) is 4.97. The quantitative estimate of drug-likeness (QED) is 0.166. The molecule has 1 atom stereocenters. The number of halogens is 2. The highest BCUT2D eigenvalue weighted by Gasteiger charge is 2.35. The van der Waals surface area contributed by atoms with Gasteiger partial charge in [-0.15, -0.1) is 0 Å². The van der Waals surface area contributed by atoms with Crippen LogP contribution in [0.25, 0.3) is 0 Å². The van der Waals surface area contributed by atoms with Crippen LogP contribution in [0.5, 0.6) is 5.75 Å². The molecule has 0 aliphatic rings. The molecule has 248 valence electrons. The summed E-state index contributed by atoms with van der Waals surface area (Å²) in [5.74, 6) is -0.446. The molecular formula is C36H39BrClN3O5S. The van der Waals surface area contributed by atoms with Crippen LogP contribution in [0, 0.1) is 6.92 Å². The number of rotatable bonds is 12. The number of benzene rings is 4. The average Bonchev–Trinajstić information content (AvgIpc) is 3.02. The van der Waals surface area contributed by atoms with Crippen LogP contribution >= 0.6 is 27.5 Å². The summed E-state index contributed by atoms with van der Waals surface area (Å²) in [4.78, 5) is 30.0. The second-order valence-electron chi connectivity index (χ2n) is 12.2. The van der Waals surface area contributed by atoms with Crippen molar-refractivity contribution in [1.82, 2.24) is 10.2 Å². The Kier molecular flexibility index (Phi) is 11.8. The summed E-state index contributed by atoms with van der Waals surface area (Å²) in [6.07, 6.45) is 0.213. The molecule has 0 radical (unpaired) electrons. The fraction of sp³-hybridized carbons (Fsp3) is 0.278. The number of carbonyl (C=O) groups is 2. The number of hydrogen-bond donors (Lipinski definition) is 1. The molecule has 0 bridgehead atoms. The molecule has 0 fully saturated rings. The minimum atomic E-state index is -4.27. The second-order valence-corrected chi connectivity index (χ2v) is 15.4. The molecule has 1 unspecified atom stereocenters. The van der Waals surface area contributed by atoms with Crippen molar-refractivity contribution < 1.29 is 22.7 Å². The Labute approximate surface area is 290 Å². The van der Waals surface area contributed by atoms with Crippen LogP contribution < -0.4 is 14.4 Å². The van der Waals surface area contributed by atoms with Crippen molar-refractivity contribution in [3.63, 3.8) is 0 Å². The third-order valence-electron chi connectivity index (χ3n) is 7.35. The van der Waals surface area contributed by atoms with E-state index in [9.17, 15) is 18.0 Å². The van der Waals surface area contributed by atoms with Gasteiger partial charge in [0.1, 0.15) is 18.3 Å². The molecule has 8 nitrogen and oxygen atoms in total. The lowest BCUT2D eigenvalue weighted by molar-refractivity contribution is -0.140. The number of ether oxygens (including phenoxy) is 1. The number of hydrogen-bond acceptors (Lipinski definition) is 5. The molecule has 4 aromatic rings. The van der Waals surface area contributed by atoms with Gasteiger partial charge in [0.25, 0.3) is 10.0 Å². The molecule has 2 amide bonds. The van der Waals surface area contributed by atoms with Crippen molar-refractivity contribution >= 4 is 55.1 Å². The largest absolute Gasteiger partial charge is 0.496 e. The first-order chi connectivity index (χ1) is 22.2. The van der Waals surface area contributed by atoms with E-state index in [4.69, 9.17) is 16.3 Å². The van der Waals surface area contributed by atoms with E-state index < -0.39 is 34.1 Å². The minimum Gasteiger partial charge on any atom is -0.496 e. The lowest BCUT2D eigenvalue weighted by atomic mass is 10.0. The summed E-state index contributed by atoms with van der Waals surface area (Å²) < 4.78 is 35.4. The summed E-state index contributed by atoms with van der Waals surface area (Å²) in [6, 6.07) is 26.8. The van der Waals surface area contributed by atoms with Gasteiger partial charge in [0, 0.05) is 23.5 Å². The molecule has 4 aromatic carbocycles. The van der Waals surface area contributed by atoms with Crippen molar-refractivity contribution in [3.8, 4) is 5.75 Å². The van der Waals surface area contributed by atoms with Crippen molar-refractivity contribution in [2.45, 2.75) is 57.1 Å². The smallest absolute Gasteiger partial charge is 0.264 e. The van der Waals surface area contributed by atoms with Crippen LogP contribution in [0.15, 0.2) is 106 Å². The third kappa shape index (κ3) is 9.59. The van der Waals surface area contributed by atoms with Crippen LogP contribution in [-0.4, -0.2) is 50.4 Å². The number of anilines is 1. The first-order valence-electron chi connectivity index (χ1n) is 15.0. The summed E-state index contributed by atoms with van der Waals surface area (Å²) in [5.41, 5.74) is 2.23. The van der Waals surface area contributed by atoms with Gasteiger partial charge in [0.15, 0.2) is 0 Å². The molecule has 4 rings (SSSR count). The maximum absolute atomic E-state index is 14.6. The topological polar surface area (TPSA) is 96.0 Å². The maximum Gasteiger partial charge on any atom is 0.264 e. The Morgan fingerprint density at radius 2 is 1.55 bits per heavy atom. The molecule has 0 spiro atoms. The lowest BCUT2D eigenvalue weighted by Crippen LogP contribution is -2.56. The number of carbonyl (C=O) groups excluding carboxylic acids is 2. The monoisotopic (exact) mass is 739 g/mol. The van der Waals surface area contributed by atoms with Gasteiger partial charge in [0.05, 0.1) is 22.2 Å². The molecule has 1 N–H and O–H groups in total. The van der Waals surface area contributed by atoms with E-state index >= 15 is 0 Å². The Hall–Kier alpha value is -3.86. The maximum atomic E-state index is 14.6. The summed E-state index contributed by atoms with van der Waals surface area (Å²) >= 11 is 9.55. The van der Waals surface area contributed by atoms with Crippen LogP contribution in [-0.2, 0) is 32.6 Å². The Morgan fingerprint density at radius 1 is 0.915 bits per heavy atom. The van der Waals surface area contributed by atoms with Crippen molar-refractivity contribution in [1.29, 1.82) is 0 Å². The number of nitrogens with zero attached hydrogens (tertiary/aromatic N) is 2. The molecular weight excluding hydrogens is 702 g/mol. The molecule has 11 heteroatoms. The number of aryl methyl sites for hydroxylation is 1. The zero-order valence-corrected chi connectivity index (χ0v) is 30.2. The standard InChI is InChI=1S/C36H39BrClN3O5S/c1-25-11-17-29(18-12-25)41(47(44,45)30-19-20-33(46-5)31(37)22-30)24-34(42)40(23-27-13-15-28(38)16-14-27)32(35(43)39-36(2,3)4)21-26-9-7-6-8-10-26/h6-20,22,32H,21,23-24H2,1-5H3,(H,39,43). The molecule has 0 saturated heterocycles. The average molecular weight is 741 g/mol. The summed E-state index contributed by atoms with van der Waals surface area (Å²) in [7, 11) is -2.78. The Balaban J connectivity index is 1.82. The molecule has 0 aromatic heterocycles. The molecule has 0 aliphatic heterocycles. The highest BCUT2D eigenvalue weighted by molar-refractivity contribution is 9.10. The predicted octanol–water partition coefficient (Wildman–Crippen LogP) is 7.17. The van der Waals surface area contributed by atoms with Gasteiger partial charge in [-0.1, -0.05) is 71.8 Å². The van der Waals surface area contributed by atoms with Gasteiger partial charge in [-0.3, -0.25) is 13.9 Å². The van der Waals surface area contributed by atoms with Crippen molar-refractivity contribution in [2.24, 2.45) is 0 Å². The van der Waals surface area contributed by atoms with Crippen LogP contribution in [0.4, 0.5) is 5.69 Å². The Morgan fingerprint density at radius 3 is 2.13 bits per heavy atom. The lowest BCUT2D eigenvalue weighted by Gasteiger charge is -2.35. The predicted molar refractivity (Wildman–Crippen MR) is 190 cm³/mol. The van der Waals surface area contributed by atoms with Gasteiger partial charge >= 0.3 is 0 Å². The zero-order valence-electron chi connectivity index (χ0n) is 27.0. The fourth-order valence-corrected chi connectivity index (χ4v) is 7.23. The van der Waals surface area contributed by atoms with E-state index in [1.807, 2.05) is 58.0 Å². The van der Waals surface area contributed by atoms with E-state index in [1.165, 1.54) is 24.1 Å². The van der Waals surface area contributed by atoms with Gasteiger partial charge in [-0.25, -0.2) is 8.42 Å². The third-order valence-corrected chi connectivity index (χ3v) is 9.99. The number of amides is 2. The highest BCUT2D eigenvalue weighted by atomic mass is 79.9. The van der Waals surface area contributed by atoms with Crippen LogP contribution in [0.1, 0.15) is 37.5 Å². The highest BCUT2D eigenvalue weighted by Crippen LogP contribution is 2.31. The molecule has 0 heterocycles. The van der Waals surface area contributed by atoms with Gasteiger partial charge in [-0.05, 0) is 97.2 Å². The second kappa shape index (κ2) is 15.4. The first-order valence-corrected chi connectivity index (χ1v) is 17.6. The number of sulfonamides is 1. The van der Waals surface area contributed by atoms with E-state index in [0.29, 0.717) is 20.9 Å². The van der Waals surface area contributed by atoms with Gasteiger partial charge < -0.3 is 15.0 Å². The van der Waals surface area contributed by atoms with E-state index in [0.717, 1.165) is 21.0 Å². The summed E-state index contributed by atoms with van der Waals surface area (Å²) in [6.45, 7) is 6.99. The molecule has 0 saturated carbocycles.